The summed E-state index contributed by atoms with van der Waals surface area (Å²) in [5.74, 6) is -0.498. The summed E-state index contributed by atoms with van der Waals surface area (Å²) in [7, 11) is 0. The van der Waals surface area contributed by atoms with Gasteiger partial charge in [0.05, 0.1) is 15.6 Å². The second-order valence-corrected chi connectivity index (χ2v) is 5.67. The molecule has 2 heterocycles. The zero-order chi connectivity index (χ0) is 16.4. The van der Waals surface area contributed by atoms with Crippen LogP contribution in [0.25, 0.3) is 11.3 Å². The van der Waals surface area contributed by atoms with Crippen molar-refractivity contribution in [1.82, 2.24) is 9.97 Å². The van der Waals surface area contributed by atoms with Gasteiger partial charge in [-0.25, -0.2) is 14.4 Å². The average Bonchev–Trinajstić information content (AvgIpc) is 2.96. The van der Waals surface area contributed by atoms with Crippen molar-refractivity contribution < 1.29 is 14.1 Å². The number of thiazole rings is 1. The molecule has 0 saturated carbocycles. The van der Waals surface area contributed by atoms with E-state index in [1.165, 1.54) is 35.6 Å². The van der Waals surface area contributed by atoms with Crippen LogP contribution in [0.2, 0.25) is 0 Å². The summed E-state index contributed by atoms with van der Waals surface area (Å²) in [6, 6.07) is 7.05. The van der Waals surface area contributed by atoms with E-state index in [1.807, 2.05) is 12.3 Å². The molecule has 0 aliphatic rings. The lowest BCUT2D eigenvalue weighted by molar-refractivity contribution is -0.385. The highest BCUT2D eigenvalue weighted by atomic mass is 32.1. The summed E-state index contributed by atoms with van der Waals surface area (Å²) in [5, 5.41) is 13.3. The van der Waals surface area contributed by atoms with Crippen molar-refractivity contribution in [2.45, 2.75) is 6.92 Å². The van der Waals surface area contributed by atoms with Crippen molar-refractivity contribution >= 4 is 17.0 Å². The van der Waals surface area contributed by atoms with Crippen LogP contribution in [0.1, 0.15) is 5.01 Å². The lowest BCUT2D eigenvalue weighted by Gasteiger charge is -2.06. The minimum absolute atomic E-state index is 0.0120. The molecular formula is C15H10FN3O3S. The van der Waals surface area contributed by atoms with Crippen molar-refractivity contribution in [2.75, 3.05) is 0 Å². The van der Waals surface area contributed by atoms with Gasteiger partial charge in [0.1, 0.15) is 6.20 Å². The molecule has 0 spiro atoms. The molecule has 0 radical (unpaired) electrons. The molecule has 0 atom stereocenters. The van der Waals surface area contributed by atoms with E-state index in [-0.39, 0.29) is 17.3 Å². The number of pyridine rings is 1. The first-order valence-corrected chi connectivity index (χ1v) is 7.41. The second kappa shape index (κ2) is 6.09. The Morgan fingerprint density at radius 2 is 2.13 bits per heavy atom. The summed E-state index contributed by atoms with van der Waals surface area (Å²) in [6.07, 6.45) is 1.06. The van der Waals surface area contributed by atoms with Crippen LogP contribution in [0.15, 0.2) is 41.9 Å². The highest BCUT2D eigenvalue weighted by Crippen LogP contribution is 2.29. The topological polar surface area (TPSA) is 78.2 Å². The SMILES string of the molecule is Cc1nc(-c2ccc(Oc3ccc([N+](=O)[O-])cn3)c(F)c2)cs1. The summed E-state index contributed by atoms with van der Waals surface area (Å²) < 4.78 is 19.5. The van der Waals surface area contributed by atoms with Crippen LogP contribution in [0.5, 0.6) is 11.6 Å². The molecule has 6 nitrogen and oxygen atoms in total. The van der Waals surface area contributed by atoms with E-state index in [4.69, 9.17) is 4.74 Å². The van der Waals surface area contributed by atoms with Gasteiger partial charge in [0.2, 0.25) is 5.88 Å². The van der Waals surface area contributed by atoms with Gasteiger partial charge in [-0.3, -0.25) is 10.1 Å². The number of ether oxygens (including phenoxy) is 1. The Morgan fingerprint density at radius 3 is 2.70 bits per heavy atom. The van der Waals surface area contributed by atoms with Crippen LogP contribution < -0.4 is 4.74 Å². The van der Waals surface area contributed by atoms with E-state index >= 15 is 0 Å². The standard InChI is InChI=1S/C15H10FN3O3S/c1-9-18-13(8-23-9)10-2-4-14(12(16)6-10)22-15-5-3-11(7-17-15)19(20)21/h2-8H,1H3. The summed E-state index contributed by atoms with van der Waals surface area (Å²) in [5.41, 5.74) is 1.19. The van der Waals surface area contributed by atoms with Crippen molar-refractivity contribution in [3.05, 3.63) is 62.8 Å². The average molecular weight is 331 g/mol. The molecule has 3 aromatic rings. The maximum absolute atomic E-state index is 14.2. The Bertz CT molecular complexity index is 865. The zero-order valence-electron chi connectivity index (χ0n) is 11.9. The molecule has 116 valence electrons. The number of nitrogens with zero attached hydrogens (tertiary/aromatic N) is 3. The van der Waals surface area contributed by atoms with Gasteiger partial charge < -0.3 is 4.74 Å². The molecule has 0 unspecified atom stereocenters. The fourth-order valence-electron chi connectivity index (χ4n) is 1.89. The van der Waals surface area contributed by atoms with Gasteiger partial charge in [0.15, 0.2) is 11.6 Å². The summed E-state index contributed by atoms with van der Waals surface area (Å²) >= 11 is 1.49. The van der Waals surface area contributed by atoms with E-state index in [9.17, 15) is 14.5 Å². The third-order valence-electron chi connectivity index (χ3n) is 2.99. The number of halogens is 1. The lowest BCUT2D eigenvalue weighted by atomic mass is 10.1. The maximum Gasteiger partial charge on any atom is 0.287 e. The molecule has 0 bridgehead atoms. The molecule has 0 N–H and O–H groups in total. The number of aryl methyl sites for hydroxylation is 1. The normalized spacial score (nSPS) is 10.5. The third kappa shape index (κ3) is 3.32. The molecule has 0 amide bonds. The van der Waals surface area contributed by atoms with Crippen LogP contribution >= 0.6 is 11.3 Å². The molecule has 0 fully saturated rings. The summed E-state index contributed by atoms with van der Waals surface area (Å²) in [4.78, 5) is 18.1. The van der Waals surface area contributed by atoms with Gasteiger partial charge in [-0.1, -0.05) is 0 Å². The fourth-order valence-corrected chi connectivity index (χ4v) is 2.51. The van der Waals surface area contributed by atoms with Crippen molar-refractivity contribution in [1.29, 1.82) is 0 Å². The molecule has 0 aliphatic carbocycles. The first-order chi connectivity index (χ1) is 11.0. The molecule has 2 aromatic heterocycles. The van der Waals surface area contributed by atoms with E-state index in [0.29, 0.717) is 11.3 Å². The quantitative estimate of drug-likeness (QED) is 0.524. The minimum Gasteiger partial charge on any atom is -0.436 e. The fraction of sp³-hybridized carbons (Fsp3) is 0.0667. The highest BCUT2D eigenvalue weighted by molar-refractivity contribution is 7.09. The van der Waals surface area contributed by atoms with Gasteiger partial charge >= 0.3 is 0 Å². The van der Waals surface area contributed by atoms with Gasteiger partial charge in [0, 0.05) is 23.1 Å². The lowest BCUT2D eigenvalue weighted by Crippen LogP contribution is -1.93. The number of hydrogen-bond acceptors (Lipinski definition) is 6. The smallest absolute Gasteiger partial charge is 0.287 e. The molecular weight excluding hydrogens is 321 g/mol. The first-order valence-electron chi connectivity index (χ1n) is 6.53. The number of nitro groups is 1. The van der Waals surface area contributed by atoms with Gasteiger partial charge in [-0.15, -0.1) is 11.3 Å². The molecule has 1 aromatic carbocycles. The first kappa shape index (κ1) is 15.0. The monoisotopic (exact) mass is 331 g/mol. The van der Waals surface area contributed by atoms with E-state index < -0.39 is 10.7 Å². The second-order valence-electron chi connectivity index (χ2n) is 4.61. The maximum atomic E-state index is 14.2. The Hall–Kier alpha value is -2.87. The Labute approximate surface area is 134 Å². The van der Waals surface area contributed by atoms with Crippen LogP contribution in [0, 0.1) is 22.9 Å². The summed E-state index contributed by atoms with van der Waals surface area (Å²) in [6.45, 7) is 1.88. The third-order valence-corrected chi connectivity index (χ3v) is 3.77. The molecule has 23 heavy (non-hydrogen) atoms. The molecule has 3 rings (SSSR count). The van der Waals surface area contributed by atoms with E-state index in [2.05, 4.69) is 9.97 Å². The van der Waals surface area contributed by atoms with Gasteiger partial charge in [-0.05, 0) is 25.1 Å². The van der Waals surface area contributed by atoms with Gasteiger partial charge in [-0.2, -0.15) is 0 Å². The molecule has 8 heteroatoms. The van der Waals surface area contributed by atoms with E-state index in [0.717, 1.165) is 11.2 Å². The van der Waals surface area contributed by atoms with Crippen molar-refractivity contribution in [2.24, 2.45) is 0 Å². The Balaban J connectivity index is 1.82. The highest BCUT2D eigenvalue weighted by Gasteiger charge is 2.11. The number of rotatable bonds is 4. The van der Waals surface area contributed by atoms with Crippen LogP contribution in [0.3, 0.4) is 0 Å². The number of benzene rings is 1. The van der Waals surface area contributed by atoms with Crippen LogP contribution in [0.4, 0.5) is 10.1 Å². The number of aromatic nitrogens is 2. The predicted molar refractivity (Wildman–Crippen MR) is 83.2 cm³/mol. The molecule has 0 aliphatic heterocycles. The van der Waals surface area contributed by atoms with Crippen molar-refractivity contribution in [3.63, 3.8) is 0 Å². The van der Waals surface area contributed by atoms with E-state index in [1.54, 1.807) is 6.07 Å². The molecule has 0 saturated heterocycles. The van der Waals surface area contributed by atoms with Crippen LogP contribution in [-0.4, -0.2) is 14.9 Å². The zero-order valence-corrected chi connectivity index (χ0v) is 12.7. The van der Waals surface area contributed by atoms with Crippen molar-refractivity contribution in [3.8, 4) is 22.9 Å². The Kier molecular flexibility index (Phi) is 3.98. The number of hydrogen-bond donors (Lipinski definition) is 0. The van der Waals surface area contributed by atoms with Crippen LogP contribution in [-0.2, 0) is 0 Å². The minimum atomic E-state index is -0.567. The Morgan fingerprint density at radius 1 is 1.30 bits per heavy atom. The predicted octanol–water partition coefficient (Wildman–Crippen LogP) is 4.35. The van der Waals surface area contributed by atoms with Gasteiger partial charge in [0.25, 0.3) is 5.69 Å². The largest absolute Gasteiger partial charge is 0.436 e.